The molecule has 2 aromatic heterocycles. The predicted octanol–water partition coefficient (Wildman–Crippen LogP) is 4.51. The van der Waals surface area contributed by atoms with E-state index >= 15 is 0 Å². The van der Waals surface area contributed by atoms with Crippen molar-refractivity contribution < 1.29 is 22.7 Å². The number of nitrogens with zero attached hydrogens (tertiary/aromatic N) is 5. The van der Waals surface area contributed by atoms with Crippen molar-refractivity contribution in [2.24, 2.45) is 7.05 Å². The van der Waals surface area contributed by atoms with Crippen LogP contribution < -0.4 is 10.1 Å². The van der Waals surface area contributed by atoms with Crippen LogP contribution in [0.15, 0.2) is 55.0 Å². The van der Waals surface area contributed by atoms with E-state index in [9.17, 15) is 18.0 Å². The van der Waals surface area contributed by atoms with Crippen LogP contribution in [0.3, 0.4) is 0 Å². The molecule has 1 N–H and O–H groups in total. The Hall–Kier alpha value is -4.15. The minimum Gasteiger partial charge on any atom is -0.495 e. The van der Waals surface area contributed by atoms with E-state index in [0.29, 0.717) is 11.3 Å². The Morgan fingerprint density at radius 2 is 1.97 bits per heavy atom. The number of hydrogen-bond donors (Lipinski definition) is 1. The Morgan fingerprint density at radius 3 is 2.65 bits per heavy atom. The van der Waals surface area contributed by atoms with Crippen molar-refractivity contribution in [1.82, 2.24) is 24.3 Å². The Morgan fingerprint density at radius 1 is 1.18 bits per heavy atom. The number of aromatic nitrogens is 5. The summed E-state index contributed by atoms with van der Waals surface area (Å²) in [5.74, 6) is 0.716. The summed E-state index contributed by atoms with van der Waals surface area (Å²) in [6, 6.07) is 9.84. The lowest BCUT2D eigenvalue weighted by Crippen LogP contribution is -2.07. The number of alkyl halides is 3. The van der Waals surface area contributed by atoms with Crippen molar-refractivity contribution in [2.75, 3.05) is 12.4 Å². The van der Waals surface area contributed by atoms with E-state index in [-0.39, 0.29) is 29.7 Å². The van der Waals surface area contributed by atoms with Gasteiger partial charge in [-0.05, 0) is 43.3 Å². The monoisotopic (exact) mass is 470 g/mol. The number of benzene rings is 2. The first kappa shape index (κ1) is 23.0. The number of ketones is 1. The van der Waals surface area contributed by atoms with Gasteiger partial charge in [0.15, 0.2) is 11.6 Å². The molecule has 0 radical (unpaired) electrons. The largest absolute Gasteiger partial charge is 0.495 e. The minimum absolute atomic E-state index is 0.0925. The third-order valence-corrected chi connectivity index (χ3v) is 5.06. The summed E-state index contributed by atoms with van der Waals surface area (Å²) in [5, 5.41) is 7.02. The van der Waals surface area contributed by atoms with Crippen LogP contribution in [-0.4, -0.2) is 37.2 Å². The Balaban J connectivity index is 1.51. The second-order valence-electron chi connectivity index (χ2n) is 7.59. The highest BCUT2D eigenvalue weighted by Crippen LogP contribution is 2.31. The zero-order valence-corrected chi connectivity index (χ0v) is 18.6. The Kier molecular flexibility index (Phi) is 6.10. The van der Waals surface area contributed by atoms with Crippen LogP contribution in [0.2, 0.25) is 0 Å². The number of carbonyl (C=O) groups is 1. The van der Waals surface area contributed by atoms with Crippen molar-refractivity contribution >= 4 is 17.4 Å². The van der Waals surface area contributed by atoms with E-state index in [1.807, 2.05) is 13.1 Å². The molecular weight excluding hydrogens is 449 g/mol. The molecule has 0 aliphatic heterocycles. The average molecular weight is 470 g/mol. The molecule has 4 rings (SSSR count). The van der Waals surface area contributed by atoms with Gasteiger partial charge in [0, 0.05) is 24.5 Å². The molecule has 176 valence electrons. The third kappa shape index (κ3) is 4.92. The molecule has 0 unspecified atom stereocenters. The lowest BCUT2D eigenvalue weighted by Gasteiger charge is -2.10. The number of hydrogen-bond acceptors (Lipinski definition) is 6. The van der Waals surface area contributed by atoms with Gasteiger partial charge in [0.25, 0.3) is 0 Å². The maximum atomic E-state index is 13.0. The lowest BCUT2D eigenvalue weighted by molar-refractivity contribution is -0.137. The number of anilines is 2. The second-order valence-corrected chi connectivity index (χ2v) is 7.59. The number of carbonyl (C=O) groups excluding carboxylic acids is 1. The van der Waals surface area contributed by atoms with E-state index in [1.54, 1.807) is 36.1 Å². The van der Waals surface area contributed by atoms with Gasteiger partial charge in [-0.15, -0.1) is 0 Å². The van der Waals surface area contributed by atoms with Gasteiger partial charge in [0.1, 0.15) is 5.75 Å². The molecule has 0 spiro atoms. The molecule has 34 heavy (non-hydrogen) atoms. The Bertz CT molecular complexity index is 1340. The van der Waals surface area contributed by atoms with Crippen LogP contribution in [0.4, 0.5) is 24.8 Å². The number of methoxy groups -OCH3 is 1. The topological polar surface area (TPSA) is 86.9 Å². The normalized spacial score (nSPS) is 11.5. The highest BCUT2D eigenvalue weighted by molar-refractivity contribution is 5.97. The number of ether oxygens (including phenoxy) is 1. The molecule has 2 heterocycles. The van der Waals surface area contributed by atoms with Crippen molar-refractivity contribution in [3.05, 3.63) is 77.6 Å². The fraction of sp³-hybridized carbons (Fsp3) is 0.217. The predicted molar refractivity (Wildman–Crippen MR) is 119 cm³/mol. The van der Waals surface area contributed by atoms with Gasteiger partial charge >= 0.3 is 6.18 Å². The standard InChI is InChI=1S/C23H21F3N6O2/c1-14-12-32(13-27-14)18-8-7-15(9-20(18)34-3)19(33)11-21-29-22(31(2)30-21)28-17-6-4-5-16(10-17)23(24,25)26/h4-10,12-13H,11H2,1-3H3,(H,28,29,30). The number of halogens is 3. The van der Waals surface area contributed by atoms with Gasteiger partial charge in [-0.25, -0.2) is 9.67 Å². The summed E-state index contributed by atoms with van der Waals surface area (Å²) in [6.45, 7) is 1.87. The summed E-state index contributed by atoms with van der Waals surface area (Å²) < 4.78 is 47.5. The van der Waals surface area contributed by atoms with E-state index < -0.39 is 11.7 Å². The molecule has 0 bridgehead atoms. The van der Waals surface area contributed by atoms with Crippen LogP contribution in [0, 0.1) is 6.92 Å². The molecule has 0 saturated carbocycles. The molecule has 4 aromatic rings. The van der Waals surface area contributed by atoms with Crippen molar-refractivity contribution in [3.63, 3.8) is 0 Å². The van der Waals surface area contributed by atoms with Crippen molar-refractivity contribution in [1.29, 1.82) is 0 Å². The van der Waals surface area contributed by atoms with Gasteiger partial charge in [0.2, 0.25) is 5.95 Å². The van der Waals surface area contributed by atoms with Gasteiger partial charge in [-0.2, -0.15) is 23.3 Å². The van der Waals surface area contributed by atoms with E-state index in [0.717, 1.165) is 23.5 Å². The minimum atomic E-state index is -4.46. The first-order valence-corrected chi connectivity index (χ1v) is 10.2. The molecule has 0 saturated heterocycles. The van der Waals surface area contributed by atoms with E-state index in [1.165, 1.54) is 23.9 Å². The zero-order chi connectivity index (χ0) is 24.5. The SMILES string of the molecule is COc1cc(C(=O)Cc2nc(Nc3cccc(C(F)(F)F)c3)n(C)n2)ccc1-n1cnc(C)c1. The van der Waals surface area contributed by atoms with Crippen molar-refractivity contribution in [2.45, 2.75) is 19.5 Å². The average Bonchev–Trinajstić information content (AvgIpc) is 3.37. The van der Waals surface area contributed by atoms with E-state index in [2.05, 4.69) is 20.4 Å². The quantitative estimate of drug-likeness (QED) is 0.400. The summed E-state index contributed by atoms with van der Waals surface area (Å²) >= 11 is 0. The van der Waals surface area contributed by atoms with Crippen LogP contribution >= 0.6 is 0 Å². The fourth-order valence-corrected chi connectivity index (χ4v) is 3.39. The van der Waals surface area contributed by atoms with Crippen LogP contribution in [-0.2, 0) is 19.6 Å². The number of imidazole rings is 1. The zero-order valence-electron chi connectivity index (χ0n) is 18.6. The maximum absolute atomic E-state index is 13.0. The lowest BCUT2D eigenvalue weighted by atomic mass is 10.1. The first-order chi connectivity index (χ1) is 16.1. The molecule has 8 nitrogen and oxygen atoms in total. The number of rotatable bonds is 7. The molecule has 0 aliphatic carbocycles. The van der Waals surface area contributed by atoms with Gasteiger partial charge in [-0.1, -0.05) is 6.07 Å². The van der Waals surface area contributed by atoms with Gasteiger partial charge in [-0.3, -0.25) is 4.79 Å². The summed E-state index contributed by atoms with van der Waals surface area (Å²) in [4.78, 5) is 21.3. The van der Waals surface area contributed by atoms with Gasteiger partial charge in [0.05, 0.1) is 36.8 Å². The van der Waals surface area contributed by atoms with Crippen LogP contribution in [0.1, 0.15) is 27.4 Å². The highest BCUT2D eigenvalue weighted by atomic mass is 19.4. The number of Topliss-reactive ketones (excluding diaryl/α,β-unsaturated/α-hetero) is 1. The molecule has 0 atom stereocenters. The summed E-state index contributed by atoms with van der Waals surface area (Å²) in [6.07, 6.45) is -1.05. The van der Waals surface area contributed by atoms with Crippen LogP contribution in [0.5, 0.6) is 5.75 Å². The molecular formula is C23H21F3N6O2. The molecule has 0 amide bonds. The third-order valence-electron chi connectivity index (χ3n) is 5.06. The highest BCUT2D eigenvalue weighted by Gasteiger charge is 2.30. The molecule has 0 fully saturated rings. The van der Waals surface area contributed by atoms with Crippen LogP contribution in [0.25, 0.3) is 5.69 Å². The van der Waals surface area contributed by atoms with Crippen molar-refractivity contribution in [3.8, 4) is 11.4 Å². The smallest absolute Gasteiger partial charge is 0.416 e. The van der Waals surface area contributed by atoms with E-state index in [4.69, 9.17) is 4.74 Å². The number of aryl methyl sites for hydroxylation is 2. The molecule has 11 heteroatoms. The van der Waals surface area contributed by atoms with Gasteiger partial charge < -0.3 is 14.6 Å². The molecule has 2 aromatic carbocycles. The number of nitrogens with one attached hydrogen (secondary N) is 1. The fourth-order valence-electron chi connectivity index (χ4n) is 3.39. The Labute approximate surface area is 193 Å². The second kappa shape index (κ2) is 9.00. The summed E-state index contributed by atoms with van der Waals surface area (Å²) in [5.41, 5.74) is 1.43. The first-order valence-electron chi connectivity index (χ1n) is 10.2. The maximum Gasteiger partial charge on any atom is 0.416 e. The summed E-state index contributed by atoms with van der Waals surface area (Å²) in [7, 11) is 3.10. The molecule has 0 aliphatic rings.